The lowest BCUT2D eigenvalue weighted by molar-refractivity contribution is 0.353. The van der Waals surface area contributed by atoms with Gasteiger partial charge in [0, 0.05) is 25.2 Å². The topological polar surface area (TPSA) is 44.0 Å². The number of aromatic amines is 1. The number of aromatic nitrogens is 2. The highest BCUT2D eigenvalue weighted by Crippen LogP contribution is 2.31. The van der Waals surface area contributed by atoms with E-state index in [2.05, 4.69) is 27.2 Å². The van der Waals surface area contributed by atoms with Crippen LogP contribution >= 0.6 is 0 Å². The lowest BCUT2D eigenvalue weighted by Gasteiger charge is -2.35. The van der Waals surface area contributed by atoms with Crippen LogP contribution in [0.25, 0.3) is 11.0 Å². The minimum Gasteiger partial charge on any atom is -0.342 e. The van der Waals surface area contributed by atoms with E-state index < -0.39 is 0 Å². The molecule has 5 heteroatoms. The van der Waals surface area contributed by atoms with E-state index in [0.717, 1.165) is 17.0 Å². The first-order valence-electron chi connectivity index (χ1n) is 7.33. The number of H-pyrrole nitrogens is 1. The van der Waals surface area contributed by atoms with Gasteiger partial charge in [0.25, 0.3) is 0 Å². The van der Waals surface area contributed by atoms with Crippen LogP contribution in [0.5, 0.6) is 0 Å². The molecule has 3 heterocycles. The van der Waals surface area contributed by atoms with E-state index in [4.69, 9.17) is 0 Å². The van der Waals surface area contributed by atoms with Crippen LogP contribution in [0.3, 0.4) is 0 Å². The van der Waals surface area contributed by atoms with Crippen molar-refractivity contribution in [3.63, 3.8) is 0 Å². The molecule has 2 saturated heterocycles. The smallest absolute Gasteiger partial charge is 0.203 e. The van der Waals surface area contributed by atoms with Crippen molar-refractivity contribution in [1.29, 1.82) is 0 Å². The lowest BCUT2D eigenvalue weighted by Crippen LogP contribution is -2.47. The van der Waals surface area contributed by atoms with Gasteiger partial charge in [-0.2, -0.15) is 0 Å². The third kappa shape index (κ3) is 1.97. The number of halogens is 1. The second kappa shape index (κ2) is 4.45. The van der Waals surface area contributed by atoms with Crippen LogP contribution in [-0.2, 0) is 0 Å². The zero-order valence-electron chi connectivity index (χ0n) is 11.6. The van der Waals surface area contributed by atoms with Crippen molar-refractivity contribution >= 4 is 17.0 Å². The molecule has 0 saturated carbocycles. The maximum Gasteiger partial charge on any atom is 0.203 e. The minimum atomic E-state index is -0.227. The summed E-state index contributed by atoms with van der Waals surface area (Å²) < 4.78 is 13.2. The molecule has 0 radical (unpaired) electrons. The van der Waals surface area contributed by atoms with Gasteiger partial charge in [-0.3, -0.25) is 0 Å². The Labute approximate surface area is 117 Å². The second-order valence-corrected chi connectivity index (χ2v) is 6.10. The summed E-state index contributed by atoms with van der Waals surface area (Å²) >= 11 is 0. The molecule has 0 spiro atoms. The number of rotatable bonds is 2. The van der Waals surface area contributed by atoms with Crippen molar-refractivity contribution in [2.24, 2.45) is 0 Å². The van der Waals surface area contributed by atoms with Gasteiger partial charge in [0.1, 0.15) is 5.82 Å². The Kier molecular flexibility index (Phi) is 2.70. The number of nitrogens with one attached hydrogen (secondary N) is 2. The summed E-state index contributed by atoms with van der Waals surface area (Å²) in [4.78, 5) is 10.0. The Bertz CT molecular complexity index is 626. The first-order chi connectivity index (χ1) is 9.69. The Morgan fingerprint density at radius 2 is 2.00 bits per heavy atom. The monoisotopic (exact) mass is 274 g/mol. The van der Waals surface area contributed by atoms with Crippen LogP contribution in [-0.4, -0.2) is 35.1 Å². The summed E-state index contributed by atoms with van der Waals surface area (Å²) in [7, 11) is 2.09. The Hall–Kier alpha value is -1.62. The Morgan fingerprint density at radius 3 is 2.75 bits per heavy atom. The van der Waals surface area contributed by atoms with Crippen molar-refractivity contribution < 1.29 is 4.39 Å². The molecular formula is C15H19FN4. The standard InChI is InChI=1S/C15H19FN4/c1-20(12-7-10-3-4-11(8-12)17-10)15-18-13-5-2-9(16)6-14(13)19-15/h2,5-6,10-12,17H,3-4,7-8H2,1H3,(H,18,19). The predicted octanol–water partition coefficient (Wildman–Crippen LogP) is 2.42. The van der Waals surface area contributed by atoms with E-state index in [0.29, 0.717) is 18.1 Å². The van der Waals surface area contributed by atoms with Crippen LogP contribution in [0.15, 0.2) is 18.2 Å². The van der Waals surface area contributed by atoms with E-state index in [-0.39, 0.29) is 5.82 Å². The van der Waals surface area contributed by atoms with Gasteiger partial charge in [0.05, 0.1) is 11.0 Å². The first kappa shape index (κ1) is 12.1. The van der Waals surface area contributed by atoms with E-state index in [1.165, 1.54) is 37.8 Å². The molecule has 2 atom stereocenters. The highest BCUT2D eigenvalue weighted by molar-refractivity contribution is 5.77. The second-order valence-electron chi connectivity index (χ2n) is 6.10. The van der Waals surface area contributed by atoms with Crippen molar-refractivity contribution in [2.45, 2.75) is 43.8 Å². The molecule has 1 aromatic carbocycles. The van der Waals surface area contributed by atoms with Crippen molar-refractivity contribution in [3.8, 4) is 0 Å². The summed E-state index contributed by atoms with van der Waals surface area (Å²) in [5, 5.41) is 3.65. The van der Waals surface area contributed by atoms with Crippen LogP contribution < -0.4 is 10.2 Å². The largest absolute Gasteiger partial charge is 0.342 e. The molecule has 106 valence electrons. The third-order valence-corrected chi connectivity index (χ3v) is 4.76. The lowest BCUT2D eigenvalue weighted by atomic mass is 9.99. The van der Waals surface area contributed by atoms with Crippen LogP contribution in [0.2, 0.25) is 0 Å². The number of hydrogen-bond acceptors (Lipinski definition) is 3. The number of nitrogens with zero attached hydrogens (tertiary/aromatic N) is 2. The van der Waals surface area contributed by atoms with Gasteiger partial charge in [-0.1, -0.05) is 0 Å². The maximum atomic E-state index is 13.2. The maximum absolute atomic E-state index is 13.2. The Balaban J connectivity index is 1.61. The first-order valence-corrected chi connectivity index (χ1v) is 7.33. The summed E-state index contributed by atoms with van der Waals surface area (Å²) in [6, 6.07) is 6.51. The predicted molar refractivity (Wildman–Crippen MR) is 77.4 cm³/mol. The van der Waals surface area contributed by atoms with E-state index in [1.54, 1.807) is 6.07 Å². The molecule has 20 heavy (non-hydrogen) atoms. The number of imidazole rings is 1. The fourth-order valence-corrected chi connectivity index (χ4v) is 3.65. The van der Waals surface area contributed by atoms with Crippen LogP contribution in [0.4, 0.5) is 10.3 Å². The fraction of sp³-hybridized carbons (Fsp3) is 0.533. The zero-order valence-corrected chi connectivity index (χ0v) is 11.6. The minimum absolute atomic E-state index is 0.227. The highest BCUT2D eigenvalue weighted by atomic mass is 19.1. The molecule has 2 aromatic rings. The van der Waals surface area contributed by atoms with E-state index >= 15 is 0 Å². The fourth-order valence-electron chi connectivity index (χ4n) is 3.65. The van der Waals surface area contributed by atoms with Crippen LogP contribution in [0, 0.1) is 5.82 Å². The number of hydrogen-bond donors (Lipinski definition) is 2. The van der Waals surface area contributed by atoms with E-state index in [9.17, 15) is 4.39 Å². The van der Waals surface area contributed by atoms with Crippen LogP contribution in [0.1, 0.15) is 25.7 Å². The number of benzene rings is 1. The summed E-state index contributed by atoms with van der Waals surface area (Å²) in [6.07, 6.45) is 4.91. The number of piperidine rings is 1. The molecule has 2 N–H and O–H groups in total. The molecule has 0 amide bonds. The summed E-state index contributed by atoms with van der Waals surface area (Å²) in [5.74, 6) is 0.618. The average Bonchev–Trinajstić information content (AvgIpc) is 3.00. The van der Waals surface area contributed by atoms with Gasteiger partial charge in [-0.25, -0.2) is 9.37 Å². The number of anilines is 1. The quantitative estimate of drug-likeness (QED) is 0.884. The van der Waals surface area contributed by atoms with Gasteiger partial charge < -0.3 is 15.2 Å². The van der Waals surface area contributed by atoms with E-state index in [1.807, 2.05) is 0 Å². The van der Waals surface area contributed by atoms with Gasteiger partial charge in [-0.05, 0) is 43.9 Å². The van der Waals surface area contributed by atoms with Crippen molar-refractivity contribution in [1.82, 2.24) is 15.3 Å². The summed E-state index contributed by atoms with van der Waals surface area (Å²) in [6.45, 7) is 0. The van der Waals surface area contributed by atoms with Gasteiger partial charge in [0.15, 0.2) is 0 Å². The van der Waals surface area contributed by atoms with Gasteiger partial charge in [-0.15, -0.1) is 0 Å². The molecule has 2 fully saturated rings. The van der Waals surface area contributed by atoms with Crippen molar-refractivity contribution in [2.75, 3.05) is 11.9 Å². The number of fused-ring (bicyclic) bond motifs is 3. The molecule has 2 aliphatic rings. The SMILES string of the molecule is CN(c1nc2ccc(F)cc2[nH]1)C1CC2CCC(C1)N2. The molecule has 2 aliphatic heterocycles. The molecular weight excluding hydrogens is 255 g/mol. The molecule has 1 aromatic heterocycles. The third-order valence-electron chi connectivity index (χ3n) is 4.76. The summed E-state index contributed by atoms with van der Waals surface area (Å²) in [5.41, 5.74) is 1.59. The normalized spacial score (nSPS) is 29.0. The van der Waals surface area contributed by atoms with Gasteiger partial charge >= 0.3 is 0 Å². The van der Waals surface area contributed by atoms with Gasteiger partial charge in [0.2, 0.25) is 5.95 Å². The average molecular weight is 274 g/mol. The zero-order chi connectivity index (χ0) is 13.7. The molecule has 4 rings (SSSR count). The highest BCUT2D eigenvalue weighted by Gasteiger charge is 2.35. The molecule has 0 aliphatic carbocycles. The molecule has 4 nitrogen and oxygen atoms in total. The molecule has 2 unspecified atom stereocenters. The Morgan fingerprint density at radius 1 is 1.25 bits per heavy atom. The van der Waals surface area contributed by atoms with Crippen molar-refractivity contribution in [3.05, 3.63) is 24.0 Å². The molecule has 2 bridgehead atoms.